The van der Waals surface area contributed by atoms with E-state index in [1.54, 1.807) is 22.3 Å². The van der Waals surface area contributed by atoms with Gasteiger partial charge in [0.2, 0.25) is 0 Å². The van der Waals surface area contributed by atoms with Crippen LogP contribution in [-0.2, 0) is 0 Å². The summed E-state index contributed by atoms with van der Waals surface area (Å²) >= 11 is 1.55. The van der Waals surface area contributed by atoms with Crippen LogP contribution in [0, 0.1) is 6.92 Å². The first-order chi connectivity index (χ1) is 9.06. The third-order valence-corrected chi connectivity index (χ3v) is 3.83. The first-order valence-corrected chi connectivity index (χ1v) is 6.86. The van der Waals surface area contributed by atoms with E-state index in [-0.39, 0.29) is 18.1 Å². The summed E-state index contributed by atoms with van der Waals surface area (Å²) in [6.07, 6.45) is 3.13. The molecule has 0 fully saturated rings. The SMILES string of the molecule is Cc1ccc(NC(=O)N[C@H](C)[C@H](C)n2cncn2)s1. The predicted molar refractivity (Wildman–Crippen MR) is 75.4 cm³/mol. The molecule has 19 heavy (non-hydrogen) atoms. The number of hydrogen-bond acceptors (Lipinski definition) is 4. The lowest BCUT2D eigenvalue weighted by atomic mass is 10.2. The van der Waals surface area contributed by atoms with Crippen LogP contribution in [0.1, 0.15) is 24.8 Å². The van der Waals surface area contributed by atoms with Crippen molar-refractivity contribution in [1.29, 1.82) is 0 Å². The number of amides is 2. The Morgan fingerprint density at radius 2 is 2.21 bits per heavy atom. The van der Waals surface area contributed by atoms with Crippen LogP contribution in [0.15, 0.2) is 24.8 Å². The Morgan fingerprint density at radius 3 is 2.79 bits per heavy atom. The van der Waals surface area contributed by atoms with Gasteiger partial charge in [0, 0.05) is 10.9 Å². The summed E-state index contributed by atoms with van der Waals surface area (Å²) in [5.74, 6) is 0. The van der Waals surface area contributed by atoms with Crippen LogP contribution in [0.5, 0.6) is 0 Å². The van der Waals surface area contributed by atoms with E-state index in [0.717, 1.165) is 5.00 Å². The maximum Gasteiger partial charge on any atom is 0.320 e. The van der Waals surface area contributed by atoms with Gasteiger partial charge in [0.05, 0.1) is 11.0 Å². The summed E-state index contributed by atoms with van der Waals surface area (Å²) in [7, 11) is 0. The molecule has 2 aromatic rings. The van der Waals surface area contributed by atoms with Gasteiger partial charge in [-0.1, -0.05) is 0 Å². The highest BCUT2D eigenvalue weighted by molar-refractivity contribution is 7.16. The molecule has 102 valence electrons. The number of aryl methyl sites for hydroxylation is 1. The second kappa shape index (κ2) is 5.83. The summed E-state index contributed by atoms with van der Waals surface area (Å²) in [5, 5.41) is 10.6. The Labute approximate surface area is 115 Å². The zero-order valence-corrected chi connectivity index (χ0v) is 11.9. The largest absolute Gasteiger partial charge is 0.333 e. The first-order valence-electron chi connectivity index (χ1n) is 6.04. The first kappa shape index (κ1) is 13.5. The van der Waals surface area contributed by atoms with Crippen molar-refractivity contribution >= 4 is 22.4 Å². The minimum absolute atomic E-state index is 0.0401. The van der Waals surface area contributed by atoms with Gasteiger partial charge in [0.1, 0.15) is 12.7 Å². The molecule has 0 spiro atoms. The predicted octanol–water partition coefficient (Wildman–Crippen LogP) is 2.42. The number of nitrogens with one attached hydrogen (secondary N) is 2. The van der Waals surface area contributed by atoms with Gasteiger partial charge in [-0.2, -0.15) is 5.10 Å². The monoisotopic (exact) mass is 279 g/mol. The smallest absolute Gasteiger partial charge is 0.320 e. The van der Waals surface area contributed by atoms with Gasteiger partial charge in [-0.15, -0.1) is 11.3 Å². The fraction of sp³-hybridized carbons (Fsp3) is 0.417. The van der Waals surface area contributed by atoms with Crippen LogP contribution in [-0.4, -0.2) is 26.8 Å². The molecule has 2 rings (SSSR count). The Bertz CT molecular complexity index is 536. The molecule has 7 heteroatoms. The zero-order chi connectivity index (χ0) is 13.8. The maximum atomic E-state index is 11.8. The number of carbonyl (C=O) groups excluding carboxylic acids is 1. The molecular formula is C12H17N5OS. The van der Waals surface area contributed by atoms with E-state index < -0.39 is 0 Å². The molecule has 2 N–H and O–H groups in total. The van der Waals surface area contributed by atoms with Crippen molar-refractivity contribution in [3.05, 3.63) is 29.7 Å². The van der Waals surface area contributed by atoms with E-state index in [1.165, 1.54) is 11.2 Å². The van der Waals surface area contributed by atoms with Crippen molar-refractivity contribution in [2.75, 3.05) is 5.32 Å². The summed E-state index contributed by atoms with van der Waals surface area (Å²) in [6, 6.07) is 3.65. The van der Waals surface area contributed by atoms with Crippen LogP contribution in [0.25, 0.3) is 0 Å². The van der Waals surface area contributed by atoms with Crippen LogP contribution in [0.4, 0.5) is 9.80 Å². The second-order valence-electron chi connectivity index (χ2n) is 4.41. The summed E-state index contributed by atoms with van der Waals surface area (Å²) in [4.78, 5) is 16.9. The molecule has 0 saturated heterocycles. The van der Waals surface area contributed by atoms with Gasteiger partial charge >= 0.3 is 6.03 Å². The third-order valence-electron chi connectivity index (χ3n) is 2.91. The lowest BCUT2D eigenvalue weighted by molar-refractivity contribution is 0.244. The van der Waals surface area contributed by atoms with E-state index in [4.69, 9.17) is 0 Å². The van der Waals surface area contributed by atoms with Gasteiger partial charge in [-0.25, -0.2) is 14.5 Å². The third kappa shape index (κ3) is 3.54. The fourth-order valence-electron chi connectivity index (χ4n) is 1.63. The van der Waals surface area contributed by atoms with Crippen LogP contribution >= 0.6 is 11.3 Å². The van der Waals surface area contributed by atoms with E-state index >= 15 is 0 Å². The second-order valence-corrected chi connectivity index (χ2v) is 5.70. The molecule has 0 aliphatic heterocycles. The molecule has 0 aliphatic carbocycles. The van der Waals surface area contributed by atoms with Gasteiger partial charge in [-0.05, 0) is 32.9 Å². The number of nitrogens with zero attached hydrogens (tertiary/aromatic N) is 3. The number of anilines is 1. The Hall–Kier alpha value is -1.89. The lowest BCUT2D eigenvalue weighted by Gasteiger charge is -2.21. The Kier molecular flexibility index (Phi) is 4.16. The Balaban J connectivity index is 1.88. The van der Waals surface area contributed by atoms with Gasteiger partial charge in [-0.3, -0.25) is 5.32 Å². The lowest BCUT2D eigenvalue weighted by Crippen LogP contribution is -2.40. The molecule has 2 aromatic heterocycles. The fourth-order valence-corrected chi connectivity index (χ4v) is 2.40. The number of hydrogen-bond donors (Lipinski definition) is 2. The molecule has 0 aliphatic rings. The summed E-state index contributed by atoms with van der Waals surface area (Å²) in [6.45, 7) is 5.92. The standard InChI is InChI=1S/C12H17N5OS/c1-8-4-5-11(19-8)16-12(18)15-9(2)10(3)17-7-13-6-14-17/h4-7,9-10H,1-3H3,(H2,15,16,18)/t9-,10+/m1/s1. The van der Waals surface area contributed by atoms with Crippen molar-refractivity contribution in [1.82, 2.24) is 20.1 Å². The number of rotatable bonds is 4. The highest BCUT2D eigenvalue weighted by atomic mass is 32.1. The number of carbonyl (C=O) groups is 1. The summed E-state index contributed by atoms with van der Waals surface area (Å²) < 4.78 is 1.72. The van der Waals surface area contributed by atoms with Gasteiger partial charge in [0.15, 0.2) is 0 Å². The van der Waals surface area contributed by atoms with Crippen LogP contribution in [0.3, 0.4) is 0 Å². The molecule has 0 aromatic carbocycles. The normalized spacial score (nSPS) is 13.8. The highest BCUT2D eigenvalue weighted by Gasteiger charge is 2.17. The van der Waals surface area contributed by atoms with Crippen molar-refractivity contribution in [3.63, 3.8) is 0 Å². The molecule has 0 bridgehead atoms. The molecule has 2 atom stereocenters. The van der Waals surface area contributed by atoms with E-state index in [9.17, 15) is 4.79 Å². The maximum absolute atomic E-state index is 11.8. The molecule has 0 radical (unpaired) electrons. The average molecular weight is 279 g/mol. The van der Waals surface area contributed by atoms with Crippen LogP contribution in [0.2, 0.25) is 0 Å². The summed E-state index contributed by atoms with van der Waals surface area (Å²) in [5.41, 5.74) is 0. The zero-order valence-electron chi connectivity index (χ0n) is 11.1. The molecule has 2 heterocycles. The topological polar surface area (TPSA) is 71.8 Å². The minimum Gasteiger partial charge on any atom is -0.333 e. The number of urea groups is 1. The van der Waals surface area contributed by atoms with E-state index in [2.05, 4.69) is 20.7 Å². The quantitative estimate of drug-likeness (QED) is 0.902. The highest BCUT2D eigenvalue weighted by Crippen LogP contribution is 2.20. The number of thiophene rings is 1. The van der Waals surface area contributed by atoms with Crippen molar-refractivity contribution < 1.29 is 4.79 Å². The molecular weight excluding hydrogens is 262 g/mol. The molecule has 0 saturated carbocycles. The van der Waals surface area contributed by atoms with Gasteiger partial charge < -0.3 is 5.32 Å². The number of aromatic nitrogens is 3. The molecule has 0 unspecified atom stereocenters. The molecule has 2 amide bonds. The van der Waals surface area contributed by atoms with E-state index in [0.29, 0.717) is 0 Å². The Morgan fingerprint density at radius 1 is 1.42 bits per heavy atom. The van der Waals surface area contributed by atoms with Crippen molar-refractivity contribution in [3.8, 4) is 0 Å². The molecule has 6 nitrogen and oxygen atoms in total. The van der Waals surface area contributed by atoms with Crippen molar-refractivity contribution in [2.45, 2.75) is 32.9 Å². The van der Waals surface area contributed by atoms with Gasteiger partial charge in [0.25, 0.3) is 0 Å². The minimum atomic E-state index is -0.207. The van der Waals surface area contributed by atoms with Crippen molar-refractivity contribution in [2.24, 2.45) is 0 Å². The van der Waals surface area contributed by atoms with Crippen LogP contribution < -0.4 is 10.6 Å². The average Bonchev–Trinajstić information content (AvgIpc) is 2.99. The van der Waals surface area contributed by atoms with E-state index in [1.807, 2.05) is 32.9 Å².